The molecule has 0 aliphatic carbocycles. The lowest BCUT2D eigenvalue weighted by Crippen LogP contribution is -2.29. The van der Waals surface area contributed by atoms with Crippen LogP contribution in [0.1, 0.15) is 115 Å². The Labute approximate surface area is 214 Å². The standard InChI is InChI=1S/C30H51N3O2/c1-3-4-5-6-7-8-9-10-11-12-13-14-15-16-17-20-25-33-28-22-19-18-21-27(28)32-29(33)23-24-31-30(34)26-35-2/h18-19,21-22H,3-17,20,23-26H2,1-2H3,(H,31,34). The number of unbranched alkanes of at least 4 members (excludes halogenated alkanes) is 15. The highest BCUT2D eigenvalue weighted by Crippen LogP contribution is 2.18. The van der Waals surface area contributed by atoms with Crippen molar-refractivity contribution in [2.75, 3.05) is 20.3 Å². The van der Waals surface area contributed by atoms with Gasteiger partial charge in [-0.05, 0) is 18.6 Å². The van der Waals surface area contributed by atoms with Crippen molar-refractivity contribution >= 4 is 16.9 Å². The number of amides is 1. The molecule has 1 aromatic heterocycles. The number of benzene rings is 1. The molecule has 0 atom stereocenters. The van der Waals surface area contributed by atoms with Gasteiger partial charge in [-0.3, -0.25) is 4.79 Å². The Hall–Kier alpha value is -1.88. The van der Waals surface area contributed by atoms with E-state index in [1.54, 1.807) is 0 Å². The molecule has 5 heteroatoms. The predicted molar refractivity (Wildman–Crippen MR) is 148 cm³/mol. The maximum absolute atomic E-state index is 11.7. The largest absolute Gasteiger partial charge is 0.375 e. The number of hydrogen-bond donors (Lipinski definition) is 1. The Bertz CT molecular complexity index is 802. The number of imidazole rings is 1. The molecule has 1 amide bonds. The molecule has 0 bridgehead atoms. The predicted octanol–water partition coefficient (Wildman–Crippen LogP) is 7.60. The Morgan fingerprint density at radius 3 is 1.94 bits per heavy atom. The van der Waals surface area contributed by atoms with E-state index < -0.39 is 0 Å². The third-order valence-electron chi connectivity index (χ3n) is 6.92. The maximum atomic E-state index is 11.7. The Morgan fingerprint density at radius 2 is 1.37 bits per heavy atom. The summed E-state index contributed by atoms with van der Waals surface area (Å²) in [5.74, 6) is 0.984. The van der Waals surface area contributed by atoms with Crippen molar-refractivity contribution in [2.45, 2.75) is 123 Å². The molecule has 1 heterocycles. The molecular weight excluding hydrogens is 434 g/mol. The molecule has 0 fully saturated rings. The van der Waals surface area contributed by atoms with Crippen LogP contribution in [-0.2, 0) is 22.5 Å². The van der Waals surface area contributed by atoms with Gasteiger partial charge in [-0.1, -0.05) is 115 Å². The fourth-order valence-corrected chi connectivity index (χ4v) is 4.88. The smallest absolute Gasteiger partial charge is 0.245 e. The minimum Gasteiger partial charge on any atom is -0.375 e. The van der Waals surface area contributed by atoms with E-state index in [1.807, 2.05) is 6.07 Å². The number of nitrogens with zero attached hydrogens (tertiary/aromatic N) is 2. The normalized spacial score (nSPS) is 11.4. The number of aromatic nitrogens is 2. The number of hydrogen-bond acceptors (Lipinski definition) is 3. The minimum atomic E-state index is -0.0760. The number of fused-ring (bicyclic) bond motifs is 1. The van der Waals surface area contributed by atoms with Crippen LogP contribution in [0.5, 0.6) is 0 Å². The van der Waals surface area contributed by atoms with Crippen molar-refractivity contribution in [3.63, 3.8) is 0 Å². The zero-order valence-corrected chi connectivity index (χ0v) is 22.7. The van der Waals surface area contributed by atoms with Gasteiger partial charge >= 0.3 is 0 Å². The van der Waals surface area contributed by atoms with Gasteiger partial charge < -0.3 is 14.6 Å². The highest BCUT2D eigenvalue weighted by atomic mass is 16.5. The number of rotatable bonds is 22. The summed E-state index contributed by atoms with van der Waals surface area (Å²) in [5, 5.41) is 2.91. The first-order valence-corrected chi connectivity index (χ1v) is 14.5. The zero-order valence-electron chi connectivity index (χ0n) is 22.7. The molecule has 35 heavy (non-hydrogen) atoms. The first kappa shape index (κ1) is 29.4. The third-order valence-corrected chi connectivity index (χ3v) is 6.92. The Kier molecular flexibility index (Phi) is 16.2. The monoisotopic (exact) mass is 485 g/mol. The summed E-state index contributed by atoms with van der Waals surface area (Å²) in [6.45, 7) is 3.98. The van der Waals surface area contributed by atoms with Crippen LogP contribution in [0.4, 0.5) is 0 Å². The molecule has 0 radical (unpaired) electrons. The second-order valence-electron chi connectivity index (χ2n) is 10.0. The number of carbonyl (C=O) groups excluding carboxylic acids is 1. The van der Waals surface area contributed by atoms with Crippen LogP contribution in [0.3, 0.4) is 0 Å². The van der Waals surface area contributed by atoms with Crippen LogP contribution in [0.25, 0.3) is 11.0 Å². The lowest BCUT2D eigenvalue weighted by Gasteiger charge is -2.10. The van der Waals surface area contributed by atoms with Crippen LogP contribution < -0.4 is 5.32 Å². The van der Waals surface area contributed by atoms with Crippen molar-refractivity contribution in [1.29, 1.82) is 0 Å². The molecular formula is C30H51N3O2. The number of methoxy groups -OCH3 is 1. The van der Waals surface area contributed by atoms with Gasteiger partial charge in [-0.25, -0.2) is 4.98 Å². The summed E-state index contributed by atoms with van der Waals surface area (Å²) in [7, 11) is 1.54. The molecule has 0 saturated heterocycles. The van der Waals surface area contributed by atoms with E-state index in [1.165, 1.54) is 115 Å². The lowest BCUT2D eigenvalue weighted by atomic mass is 10.0. The van der Waals surface area contributed by atoms with Crippen LogP contribution in [0.15, 0.2) is 24.3 Å². The van der Waals surface area contributed by atoms with Crippen molar-refractivity contribution in [2.24, 2.45) is 0 Å². The van der Waals surface area contributed by atoms with E-state index in [0.29, 0.717) is 6.54 Å². The number of carbonyl (C=O) groups is 1. The molecule has 5 nitrogen and oxygen atoms in total. The molecule has 0 aliphatic heterocycles. The summed E-state index contributed by atoms with van der Waals surface area (Å²) in [5.41, 5.74) is 2.24. The van der Waals surface area contributed by atoms with E-state index in [4.69, 9.17) is 9.72 Å². The van der Waals surface area contributed by atoms with Gasteiger partial charge in [-0.15, -0.1) is 0 Å². The van der Waals surface area contributed by atoms with Gasteiger partial charge in [-0.2, -0.15) is 0 Å². The van der Waals surface area contributed by atoms with Crippen LogP contribution in [0.2, 0.25) is 0 Å². The first-order chi connectivity index (χ1) is 17.3. The van der Waals surface area contributed by atoms with Crippen molar-refractivity contribution < 1.29 is 9.53 Å². The highest BCUT2D eigenvalue weighted by Gasteiger charge is 2.10. The van der Waals surface area contributed by atoms with Gasteiger partial charge in [0.1, 0.15) is 12.4 Å². The lowest BCUT2D eigenvalue weighted by molar-refractivity contribution is -0.124. The molecule has 0 aliphatic rings. The van der Waals surface area contributed by atoms with Gasteiger partial charge in [0.15, 0.2) is 0 Å². The summed E-state index contributed by atoms with van der Waals surface area (Å²) < 4.78 is 7.23. The summed E-state index contributed by atoms with van der Waals surface area (Å²) in [4.78, 5) is 16.5. The summed E-state index contributed by atoms with van der Waals surface area (Å²) in [6, 6.07) is 8.35. The van der Waals surface area contributed by atoms with E-state index in [2.05, 4.69) is 35.0 Å². The summed E-state index contributed by atoms with van der Waals surface area (Å²) >= 11 is 0. The second-order valence-corrected chi connectivity index (χ2v) is 10.0. The van der Waals surface area contributed by atoms with Gasteiger partial charge in [0.25, 0.3) is 0 Å². The van der Waals surface area contributed by atoms with Crippen molar-refractivity contribution in [1.82, 2.24) is 14.9 Å². The molecule has 2 rings (SSSR count). The van der Waals surface area contributed by atoms with Gasteiger partial charge in [0.05, 0.1) is 11.0 Å². The Balaban J connectivity index is 1.54. The van der Waals surface area contributed by atoms with Gasteiger partial charge in [0.2, 0.25) is 5.91 Å². The van der Waals surface area contributed by atoms with E-state index in [-0.39, 0.29) is 12.5 Å². The Morgan fingerprint density at radius 1 is 0.829 bits per heavy atom. The minimum absolute atomic E-state index is 0.0760. The highest BCUT2D eigenvalue weighted by molar-refractivity contribution is 5.77. The SMILES string of the molecule is CCCCCCCCCCCCCCCCCCn1c(CCNC(=O)COC)nc2ccccc21. The van der Waals surface area contributed by atoms with E-state index in [0.717, 1.165) is 24.3 Å². The number of nitrogens with one attached hydrogen (secondary N) is 1. The fraction of sp³-hybridized carbons (Fsp3) is 0.733. The molecule has 2 aromatic rings. The van der Waals surface area contributed by atoms with Crippen LogP contribution in [0, 0.1) is 0 Å². The average molecular weight is 486 g/mol. The molecule has 0 spiro atoms. The van der Waals surface area contributed by atoms with Crippen molar-refractivity contribution in [3.05, 3.63) is 30.1 Å². The van der Waals surface area contributed by atoms with E-state index in [9.17, 15) is 4.79 Å². The topological polar surface area (TPSA) is 56.2 Å². The quantitative estimate of drug-likeness (QED) is 0.175. The first-order valence-electron chi connectivity index (χ1n) is 14.5. The third kappa shape index (κ3) is 12.6. The number of aryl methyl sites for hydroxylation is 1. The average Bonchev–Trinajstić information content (AvgIpc) is 3.21. The molecule has 1 aromatic carbocycles. The molecule has 198 valence electrons. The number of para-hydroxylation sites is 2. The van der Waals surface area contributed by atoms with Crippen molar-refractivity contribution in [3.8, 4) is 0 Å². The van der Waals surface area contributed by atoms with Gasteiger partial charge in [0, 0.05) is 26.6 Å². The molecule has 0 unspecified atom stereocenters. The fourth-order valence-electron chi connectivity index (χ4n) is 4.88. The van der Waals surface area contributed by atoms with Crippen LogP contribution >= 0.6 is 0 Å². The molecule has 0 saturated carbocycles. The second kappa shape index (κ2) is 19.3. The maximum Gasteiger partial charge on any atom is 0.245 e. The summed E-state index contributed by atoms with van der Waals surface area (Å²) in [6.07, 6.45) is 22.9. The van der Waals surface area contributed by atoms with E-state index >= 15 is 0 Å². The number of ether oxygens (including phenoxy) is 1. The zero-order chi connectivity index (χ0) is 25.0. The molecule has 1 N–H and O–H groups in total. The van der Waals surface area contributed by atoms with Crippen LogP contribution in [-0.4, -0.2) is 35.7 Å².